The summed E-state index contributed by atoms with van der Waals surface area (Å²) in [5.74, 6) is -0.938. The number of aromatic nitrogens is 2. The number of primary amides is 1. The van der Waals surface area contributed by atoms with Crippen molar-refractivity contribution in [1.82, 2.24) is 15.1 Å². The number of nitrogens with zero attached hydrogens (tertiary/aromatic N) is 2. The molecule has 2 amide bonds. The number of amides is 2. The first-order valence-corrected chi connectivity index (χ1v) is 7.44. The summed E-state index contributed by atoms with van der Waals surface area (Å²) < 4.78 is 5.21. The van der Waals surface area contributed by atoms with Crippen LogP contribution in [0.15, 0.2) is 30.3 Å². The van der Waals surface area contributed by atoms with Crippen LogP contribution in [0.4, 0.5) is 0 Å². The molecular weight excluding hydrogens is 320 g/mol. The minimum absolute atomic E-state index is 0.104. The van der Waals surface area contributed by atoms with Crippen molar-refractivity contribution < 1.29 is 14.3 Å². The van der Waals surface area contributed by atoms with Crippen molar-refractivity contribution in [3.63, 3.8) is 0 Å². The van der Waals surface area contributed by atoms with Gasteiger partial charge in [0.15, 0.2) is 0 Å². The van der Waals surface area contributed by atoms with E-state index < -0.39 is 11.9 Å². The predicted molar refractivity (Wildman–Crippen MR) is 83.9 cm³/mol. The van der Waals surface area contributed by atoms with Crippen molar-refractivity contribution in [3.05, 3.63) is 41.0 Å². The molecule has 120 valence electrons. The number of carbonyl (C=O) groups is 2. The van der Waals surface area contributed by atoms with Crippen molar-refractivity contribution in [2.45, 2.75) is 6.04 Å². The fraction of sp³-hybridized carbons (Fsp3) is 0.267. The van der Waals surface area contributed by atoms with Crippen LogP contribution in [0.1, 0.15) is 10.5 Å². The molecule has 1 aromatic carbocycles. The molecule has 0 saturated carbocycles. The summed E-state index contributed by atoms with van der Waals surface area (Å²) in [4.78, 5) is 25.5. The number of nitrogens with two attached hydrogens (primary N) is 1. The lowest BCUT2D eigenvalue weighted by Gasteiger charge is -2.33. The maximum absolute atomic E-state index is 12.6. The monoisotopic (exact) mass is 334 g/mol. The van der Waals surface area contributed by atoms with Gasteiger partial charge in [0.2, 0.25) is 5.91 Å². The molecule has 1 unspecified atom stereocenters. The molecule has 7 nitrogen and oxygen atoms in total. The molecule has 0 aliphatic carbocycles. The largest absolute Gasteiger partial charge is 0.377 e. The molecule has 0 spiro atoms. The minimum Gasteiger partial charge on any atom is -0.377 e. The molecule has 23 heavy (non-hydrogen) atoms. The molecule has 1 saturated heterocycles. The molecule has 0 radical (unpaired) electrons. The SMILES string of the molecule is NC(=O)C1COCCN1C(=O)c1cc(-c2ccccc2Cl)n[nH]1. The Hall–Kier alpha value is -2.38. The van der Waals surface area contributed by atoms with Gasteiger partial charge >= 0.3 is 0 Å². The molecule has 3 rings (SSSR count). The molecule has 1 aromatic heterocycles. The van der Waals surface area contributed by atoms with E-state index in [2.05, 4.69) is 10.2 Å². The third-order valence-corrected chi connectivity index (χ3v) is 4.01. The first-order valence-electron chi connectivity index (χ1n) is 7.06. The lowest BCUT2D eigenvalue weighted by molar-refractivity contribution is -0.127. The van der Waals surface area contributed by atoms with Crippen LogP contribution in [0.5, 0.6) is 0 Å². The molecular formula is C15H15ClN4O3. The zero-order valence-corrected chi connectivity index (χ0v) is 12.9. The number of carbonyl (C=O) groups excluding carboxylic acids is 2. The van der Waals surface area contributed by atoms with Gasteiger partial charge in [0.05, 0.1) is 23.9 Å². The van der Waals surface area contributed by atoms with Crippen molar-refractivity contribution >= 4 is 23.4 Å². The fourth-order valence-electron chi connectivity index (χ4n) is 2.48. The summed E-state index contributed by atoms with van der Waals surface area (Å²) in [6.45, 7) is 0.764. The third kappa shape index (κ3) is 3.06. The van der Waals surface area contributed by atoms with Crippen molar-refractivity contribution in [1.29, 1.82) is 0 Å². The fourth-order valence-corrected chi connectivity index (χ4v) is 2.71. The highest BCUT2D eigenvalue weighted by molar-refractivity contribution is 6.33. The Bertz CT molecular complexity index is 746. The van der Waals surface area contributed by atoms with E-state index >= 15 is 0 Å². The maximum atomic E-state index is 12.6. The predicted octanol–water partition coefficient (Wildman–Crippen LogP) is 1.06. The van der Waals surface area contributed by atoms with Gasteiger partial charge in [-0.3, -0.25) is 14.7 Å². The Labute approximate surface area is 137 Å². The summed E-state index contributed by atoms with van der Waals surface area (Å²) in [6.07, 6.45) is 0. The van der Waals surface area contributed by atoms with Gasteiger partial charge < -0.3 is 15.4 Å². The topological polar surface area (TPSA) is 101 Å². The second kappa shape index (κ2) is 6.39. The van der Waals surface area contributed by atoms with E-state index in [4.69, 9.17) is 22.1 Å². The molecule has 1 aliphatic heterocycles. The van der Waals surface area contributed by atoms with Crippen molar-refractivity contribution in [2.24, 2.45) is 5.73 Å². The smallest absolute Gasteiger partial charge is 0.272 e. The van der Waals surface area contributed by atoms with E-state index in [1.807, 2.05) is 18.2 Å². The van der Waals surface area contributed by atoms with Crippen LogP contribution in [0.25, 0.3) is 11.3 Å². The highest BCUT2D eigenvalue weighted by Crippen LogP contribution is 2.26. The number of benzene rings is 1. The van der Waals surface area contributed by atoms with Gasteiger partial charge in [0.25, 0.3) is 5.91 Å². The summed E-state index contributed by atoms with van der Waals surface area (Å²) in [5.41, 5.74) is 6.88. The third-order valence-electron chi connectivity index (χ3n) is 3.68. The van der Waals surface area contributed by atoms with Gasteiger partial charge in [-0.05, 0) is 12.1 Å². The standard InChI is InChI=1S/C15H15ClN4O3/c16-10-4-2-1-3-9(10)11-7-12(19-18-11)15(22)20-5-6-23-8-13(20)14(17)21/h1-4,7,13H,5-6,8H2,(H2,17,21)(H,18,19). The number of rotatable bonds is 3. The van der Waals surface area contributed by atoms with E-state index in [1.165, 1.54) is 4.90 Å². The molecule has 2 heterocycles. The molecule has 2 aromatic rings. The number of hydrogen-bond acceptors (Lipinski definition) is 4. The van der Waals surface area contributed by atoms with Crippen molar-refractivity contribution in [2.75, 3.05) is 19.8 Å². The van der Waals surface area contributed by atoms with Crippen LogP contribution in [0, 0.1) is 0 Å². The van der Waals surface area contributed by atoms with Gasteiger partial charge in [-0.25, -0.2) is 0 Å². The molecule has 1 atom stereocenters. The summed E-state index contributed by atoms with van der Waals surface area (Å²) in [6, 6.07) is 8.05. The van der Waals surface area contributed by atoms with E-state index in [0.717, 1.165) is 5.56 Å². The minimum atomic E-state index is -0.775. The number of H-pyrrole nitrogens is 1. The highest BCUT2D eigenvalue weighted by atomic mass is 35.5. The van der Waals surface area contributed by atoms with Crippen molar-refractivity contribution in [3.8, 4) is 11.3 Å². The van der Waals surface area contributed by atoms with E-state index in [0.29, 0.717) is 23.9 Å². The summed E-state index contributed by atoms with van der Waals surface area (Å²) in [7, 11) is 0. The lowest BCUT2D eigenvalue weighted by Crippen LogP contribution is -2.54. The molecule has 8 heteroatoms. The first kappa shape index (κ1) is 15.5. The van der Waals surface area contributed by atoms with E-state index in [-0.39, 0.29) is 18.2 Å². The Balaban J connectivity index is 1.86. The summed E-state index contributed by atoms with van der Waals surface area (Å²) in [5, 5.41) is 7.37. The Morgan fingerprint density at radius 2 is 2.17 bits per heavy atom. The average Bonchev–Trinajstić information content (AvgIpc) is 3.04. The number of aromatic amines is 1. The average molecular weight is 335 g/mol. The van der Waals surface area contributed by atoms with Crippen LogP contribution in [0.3, 0.4) is 0 Å². The molecule has 3 N–H and O–H groups in total. The number of hydrogen-bond donors (Lipinski definition) is 2. The van der Waals surface area contributed by atoms with E-state index in [9.17, 15) is 9.59 Å². The van der Waals surface area contributed by atoms with Crippen LogP contribution in [0.2, 0.25) is 5.02 Å². The number of nitrogens with one attached hydrogen (secondary N) is 1. The normalized spacial score (nSPS) is 18.0. The van der Waals surface area contributed by atoms with Crippen LogP contribution in [-0.2, 0) is 9.53 Å². The zero-order chi connectivity index (χ0) is 16.4. The number of halogens is 1. The zero-order valence-electron chi connectivity index (χ0n) is 12.2. The number of morpholine rings is 1. The maximum Gasteiger partial charge on any atom is 0.272 e. The Kier molecular flexibility index (Phi) is 4.31. The Morgan fingerprint density at radius 3 is 2.91 bits per heavy atom. The molecule has 1 fully saturated rings. The van der Waals surface area contributed by atoms with Gasteiger partial charge in [0, 0.05) is 12.1 Å². The van der Waals surface area contributed by atoms with Gasteiger partial charge in [-0.15, -0.1) is 0 Å². The number of ether oxygens (including phenoxy) is 1. The first-order chi connectivity index (χ1) is 11.1. The quantitative estimate of drug-likeness (QED) is 0.876. The van der Waals surface area contributed by atoms with Gasteiger partial charge in [0.1, 0.15) is 11.7 Å². The van der Waals surface area contributed by atoms with E-state index in [1.54, 1.807) is 12.1 Å². The lowest BCUT2D eigenvalue weighted by atomic mass is 10.1. The van der Waals surface area contributed by atoms with Crippen LogP contribution >= 0.6 is 11.6 Å². The van der Waals surface area contributed by atoms with Crippen LogP contribution < -0.4 is 5.73 Å². The summed E-state index contributed by atoms with van der Waals surface area (Å²) >= 11 is 6.13. The van der Waals surface area contributed by atoms with Gasteiger partial charge in [-0.1, -0.05) is 29.8 Å². The second-order valence-corrected chi connectivity index (χ2v) is 5.55. The Morgan fingerprint density at radius 1 is 1.39 bits per heavy atom. The second-order valence-electron chi connectivity index (χ2n) is 5.14. The molecule has 1 aliphatic rings. The van der Waals surface area contributed by atoms with Crippen LogP contribution in [-0.4, -0.2) is 52.7 Å². The van der Waals surface area contributed by atoms with Gasteiger partial charge in [-0.2, -0.15) is 5.10 Å². The molecule has 0 bridgehead atoms. The highest BCUT2D eigenvalue weighted by Gasteiger charge is 2.32.